The van der Waals surface area contributed by atoms with Crippen molar-refractivity contribution < 1.29 is 9.53 Å². The largest absolute Gasteiger partial charge is 0.497 e. The van der Waals surface area contributed by atoms with Crippen LogP contribution in [0.1, 0.15) is 45.4 Å². The molecular weight excluding hydrogens is 296 g/mol. The molecule has 1 atom stereocenters. The van der Waals surface area contributed by atoms with Gasteiger partial charge in [-0.15, -0.1) is 11.3 Å². The van der Waals surface area contributed by atoms with E-state index in [-0.39, 0.29) is 12.1 Å². The van der Waals surface area contributed by atoms with Crippen molar-refractivity contribution in [3.8, 4) is 5.75 Å². The lowest BCUT2D eigenvalue weighted by molar-refractivity contribution is 0.0935. The third kappa shape index (κ3) is 2.16. The summed E-state index contributed by atoms with van der Waals surface area (Å²) in [5, 5.41) is 7.59. The second-order valence-corrected chi connectivity index (χ2v) is 6.84. The van der Waals surface area contributed by atoms with Crippen molar-refractivity contribution in [2.24, 2.45) is 0 Å². The third-order valence-corrected chi connectivity index (χ3v) is 5.62. The average Bonchev–Trinajstić information content (AvgIpc) is 2.93. The van der Waals surface area contributed by atoms with Gasteiger partial charge in [0.2, 0.25) is 0 Å². The van der Waals surface area contributed by atoms with Gasteiger partial charge >= 0.3 is 0 Å². The standard InChI is InChI=1S/C17H18N2O2S/c1-21-11-8-6-10(7-9-11)15-18-16(20)14-12-4-2-3-5-13(12)22-17(14)19-15/h6-9,15,19H,2-5H2,1H3,(H,18,20)/t15-/m0/s1. The lowest BCUT2D eigenvalue weighted by Gasteiger charge is -2.26. The maximum absolute atomic E-state index is 12.6. The van der Waals surface area contributed by atoms with Gasteiger partial charge in [0, 0.05) is 4.88 Å². The minimum absolute atomic E-state index is 0.0500. The molecule has 4 nitrogen and oxygen atoms in total. The molecule has 0 saturated carbocycles. The van der Waals surface area contributed by atoms with E-state index in [1.54, 1.807) is 18.4 Å². The fraction of sp³-hybridized carbons (Fsp3) is 0.353. The van der Waals surface area contributed by atoms with Crippen LogP contribution in [0.2, 0.25) is 0 Å². The number of anilines is 1. The zero-order valence-corrected chi connectivity index (χ0v) is 13.3. The Hall–Kier alpha value is -2.01. The van der Waals surface area contributed by atoms with Gasteiger partial charge in [0.15, 0.2) is 0 Å². The molecule has 0 spiro atoms. The number of carbonyl (C=O) groups excluding carboxylic acids is 1. The van der Waals surface area contributed by atoms with E-state index in [2.05, 4.69) is 10.6 Å². The van der Waals surface area contributed by atoms with Crippen LogP contribution in [0.3, 0.4) is 0 Å². The molecule has 22 heavy (non-hydrogen) atoms. The fourth-order valence-corrected chi connectivity index (χ4v) is 4.56. The smallest absolute Gasteiger partial charge is 0.256 e. The van der Waals surface area contributed by atoms with E-state index in [1.807, 2.05) is 24.3 Å². The molecule has 0 bridgehead atoms. The average molecular weight is 314 g/mol. The highest BCUT2D eigenvalue weighted by atomic mass is 32.1. The minimum Gasteiger partial charge on any atom is -0.497 e. The van der Waals surface area contributed by atoms with Crippen molar-refractivity contribution in [3.63, 3.8) is 0 Å². The second-order valence-electron chi connectivity index (χ2n) is 5.74. The number of methoxy groups -OCH3 is 1. The van der Waals surface area contributed by atoms with Gasteiger partial charge in [0.25, 0.3) is 5.91 Å². The van der Waals surface area contributed by atoms with Gasteiger partial charge in [-0.2, -0.15) is 0 Å². The summed E-state index contributed by atoms with van der Waals surface area (Å²) in [6.07, 6.45) is 4.38. The number of fused-ring (bicyclic) bond motifs is 3. The van der Waals surface area contributed by atoms with Crippen LogP contribution < -0.4 is 15.4 Å². The highest BCUT2D eigenvalue weighted by Gasteiger charge is 2.31. The fourth-order valence-electron chi connectivity index (χ4n) is 3.24. The first-order valence-corrected chi connectivity index (χ1v) is 8.44. The van der Waals surface area contributed by atoms with Crippen LogP contribution in [0, 0.1) is 0 Å². The van der Waals surface area contributed by atoms with Crippen LogP contribution in [-0.2, 0) is 12.8 Å². The Kier molecular flexibility index (Phi) is 3.30. The summed E-state index contributed by atoms with van der Waals surface area (Å²) in [4.78, 5) is 13.9. The summed E-state index contributed by atoms with van der Waals surface area (Å²) in [5.41, 5.74) is 3.18. The Balaban J connectivity index is 1.66. The molecule has 1 aromatic carbocycles. The number of hydrogen-bond donors (Lipinski definition) is 2. The monoisotopic (exact) mass is 314 g/mol. The summed E-state index contributed by atoms with van der Waals surface area (Å²) in [5.74, 6) is 0.868. The second kappa shape index (κ2) is 5.32. The quantitative estimate of drug-likeness (QED) is 0.892. The zero-order chi connectivity index (χ0) is 15.1. The maximum atomic E-state index is 12.6. The number of rotatable bonds is 2. The van der Waals surface area contributed by atoms with E-state index in [0.29, 0.717) is 0 Å². The van der Waals surface area contributed by atoms with E-state index in [4.69, 9.17) is 4.74 Å². The molecule has 2 aromatic rings. The highest BCUT2D eigenvalue weighted by molar-refractivity contribution is 7.16. The van der Waals surface area contributed by atoms with Crippen molar-refractivity contribution in [2.75, 3.05) is 12.4 Å². The number of nitrogens with one attached hydrogen (secondary N) is 2. The van der Waals surface area contributed by atoms with E-state index in [0.717, 1.165) is 34.7 Å². The van der Waals surface area contributed by atoms with Gasteiger partial charge in [-0.25, -0.2) is 0 Å². The highest BCUT2D eigenvalue weighted by Crippen LogP contribution is 2.41. The number of benzene rings is 1. The van der Waals surface area contributed by atoms with E-state index in [9.17, 15) is 4.79 Å². The van der Waals surface area contributed by atoms with Gasteiger partial charge in [-0.1, -0.05) is 12.1 Å². The van der Waals surface area contributed by atoms with Crippen molar-refractivity contribution in [1.29, 1.82) is 0 Å². The zero-order valence-electron chi connectivity index (χ0n) is 12.4. The van der Waals surface area contributed by atoms with Crippen LogP contribution in [0.5, 0.6) is 5.75 Å². The molecule has 2 heterocycles. The first-order valence-electron chi connectivity index (χ1n) is 7.62. The van der Waals surface area contributed by atoms with Crippen LogP contribution in [0.25, 0.3) is 0 Å². The Morgan fingerprint density at radius 1 is 1.14 bits per heavy atom. The molecule has 2 aliphatic rings. The van der Waals surface area contributed by atoms with Gasteiger partial charge < -0.3 is 15.4 Å². The first-order chi connectivity index (χ1) is 10.8. The van der Waals surface area contributed by atoms with Crippen LogP contribution >= 0.6 is 11.3 Å². The van der Waals surface area contributed by atoms with Gasteiger partial charge in [0.05, 0.1) is 12.7 Å². The normalized spacial score (nSPS) is 19.7. The molecule has 0 unspecified atom stereocenters. The number of carbonyl (C=O) groups is 1. The van der Waals surface area contributed by atoms with E-state index < -0.39 is 0 Å². The van der Waals surface area contributed by atoms with Crippen molar-refractivity contribution >= 4 is 22.2 Å². The number of amides is 1. The Bertz CT molecular complexity index is 721. The summed E-state index contributed by atoms with van der Waals surface area (Å²) in [7, 11) is 1.65. The summed E-state index contributed by atoms with van der Waals surface area (Å²) in [6, 6.07) is 7.79. The molecule has 1 amide bonds. The predicted molar refractivity (Wildman–Crippen MR) is 87.8 cm³/mol. The molecule has 5 heteroatoms. The molecule has 4 rings (SSSR count). The molecule has 114 valence electrons. The first kappa shape index (κ1) is 13.6. The van der Waals surface area contributed by atoms with E-state index in [1.165, 1.54) is 23.3 Å². The lowest BCUT2D eigenvalue weighted by Crippen LogP contribution is -2.38. The van der Waals surface area contributed by atoms with Gasteiger partial charge in [-0.3, -0.25) is 4.79 Å². The minimum atomic E-state index is -0.175. The van der Waals surface area contributed by atoms with Gasteiger partial charge in [-0.05, 0) is 48.9 Å². The van der Waals surface area contributed by atoms with Crippen LogP contribution in [0.4, 0.5) is 5.00 Å². The predicted octanol–water partition coefficient (Wildman–Crippen LogP) is 3.49. The summed E-state index contributed by atoms with van der Waals surface area (Å²) in [6.45, 7) is 0. The Morgan fingerprint density at radius 2 is 1.91 bits per heavy atom. The summed E-state index contributed by atoms with van der Waals surface area (Å²) < 4.78 is 5.18. The number of ether oxygens (including phenoxy) is 1. The Labute approximate surface area is 133 Å². The van der Waals surface area contributed by atoms with Crippen molar-refractivity contribution in [2.45, 2.75) is 31.8 Å². The molecule has 0 fully saturated rings. The van der Waals surface area contributed by atoms with E-state index >= 15 is 0 Å². The summed E-state index contributed by atoms with van der Waals surface area (Å²) >= 11 is 1.75. The number of aryl methyl sites for hydroxylation is 1. The maximum Gasteiger partial charge on any atom is 0.256 e. The molecule has 1 aliphatic heterocycles. The number of thiophene rings is 1. The molecular formula is C17H18N2O2S. The van der Waals surface area contributed by atoms with Crippen LogP contribution in [-0.4, -0.2) is 13.0 Å². The molecule has 0 radical (unpaired) electrons. The Morgan fingerprint density at radius 3 is 2.68 bits per heavy atom. The SMILES string of the molecule is COc1ccc([C@H]2NC(=O)c3c(sc4c3CCCC4)N2)cc1. The molecule has 2 N–H and O–H groups in total. The van der Waals surface area contributed by atoms with Gasteiger partial charge in [0.1, 0.15) is 16.9 Å². The lowest BCUT2D eigenvalue weighted by atomic mass is 9.94. The van der Waals surface area contributed by atoms with Crippen molar-refractivity contribution in [1.82, 2.24) is 5.32 Å². The topological polar surface area (TPSA) is 50.4 Å². The third-order valence-electron chi connectivity index (χ3n) is 4.40. The molecule has 0 saturated heterocycles. The number of hydrogen-bond acceptors (Lipinski definition) is 4. The van der Waals surface area contributed by atoms with Crippen LogP contribution in [0.15, 0.2) is 24.3 Å². The molecule has 1 aromatic heterocycles. The molecule has 1 aliphatic carbocycles. The van der Waals surface area contributed by atoms with Crippen molar-refractivity contribution in [3.05, 3.63) is 45.8 Å².